The average molecular weight is 438 g/mol. The molecule has 1 heterocycles. The van der Waals surface area contributed by atoms with Gasteiger partial charge in [-0.15, -0.1) is 0 Å². The van der Waals surface area contributed by atoms with Crippen LogP contribution >= 0.6 is 0 Å². The van der Waals surface area contributed by atoms with Crippen molar-refractivity contribution in [3.63, 3.8) is 0 Å². The van der Waals surface area contributed by atoms with E-state index in [4.69, 9.17) is 0 Å². The molecule has 0 bridgehead atoms. The number of halogens is 3. The largest absolute Gasteiger partial charge is 0.416 e. The molecule has 0 aliphatic rings. The first-order chi connectivity index (χ1) is 14.3. The van der Waals surface area contributed by atoms with Crippen LogP contribution in [0.15, 0.2) is 24.3 Å². The number of carbonyl (C=O) groups excluding carboxylic acids is 2. The molecule has 0 aliphatic carbocycles. The summed E-state index contributed by atoms with van der Waals surface area (Å²) in [7, 11) is 0. The number of amides is 1. The minimum Gasteiger partial charge on any atom is -0.348 e. The Kier molecular flexibility index (Phi) is 7.64. The number of aromatic nitrogens is 2. The summed E-state index contributed by atoms with van der Waals surface area (Å²) < 4.78 is 40.4. The molecule has 0 aliphatic heterocycles. The first-order valence-electron chi connectivity index (χ1n) is 10.2. The number of Topliss-reactive ketones (excluding diaryl/α,β-unsaturated/α-hetero) is 1. The Morgan fingerprint density at radius 3 is 2.29 bits per heavy atom. The molecule has 1 aromatic carbocycles. The van der Waals surface area contributed by atoms with Crippen LogP contribution in [0.4, 0.5) is 13.2 Å². The molecule has 1 N–H and O–H groups in total. The van der Waals surface area contributed by atoms with E-state index in [1.165, 1.54) is 16.8 Å². The van der Waals surface area contributed by atoms with Gasteiger partial charge < -0.3 is 5.32 Å². The smallest absolute Gasteiger partial charge is 0.348 e. The molecule has 0 spiro atoms. The fourth-order valence-corrected chi connectivity index (χ4v) is 3.64. The van der Waals surface area contributed by atoms with E-state index in [9.17, 15) is 22.8 Å². The van der Waals surface area contributed by atoms with Crippen molar-refractivity contribution >= 4 is 11.7 Å². The van der Waals surface area contributed by atoms with Gasteiger partial charge in [0.1, 0.15) is 0 Å². The van der Waals surface area contributed by atoms with Gasteiger partial charge in [0.2, 0.25) is 0 Å². The Hall–Kier alpha value is -2.68. The van der Waals surface area contributed by atoms with Crippen LogP contribution in [0.1, 0.15) is 55.0 Å². The van der Waals surface area contributed by atoms with Crippen LogP contribution in [0.2, 0.25) is 0 Å². The van der Waals surface area contributed by atoms with Crippen molar-refractivity contribution in [1.29, 1.82) is 0 Å². The molecule has 31 heavy (non-hydrogen) atoms. The average Bonchev–Trinajstić information content (AvgIpc) is 2.97. The topological polar surface area (TPSA) is 67.2 Å². The van der Waals surface area contributed by atoms with Gasteiger partial charge in [0.05, 0.1) is 28.2 Å². The van der Waals surface area contributed by atoms with Crippen molar-refractivity contribution < 1.29 is 22.8 Å². The van der Waals surface area contributed by atoms with Gasteiger partial charge in [-0.2, -0.15) is 18.3 Å². The molecule has 2 aromatic rings. The standard InChI is InChI=1S/C22H29F3N4O2/c1-13(2)28(14(3)4)11-10-26-21(31)20(30)19-15(5)27-29(16(19)6)18-9-7-8-17(12-18)22(23,24)25/h7-9,12-14H,10-11H2,1-6H3,(H,26,31). The van der Waals surface area contributed by atoms with Crippen LogP contribution in [-0.4, -0.2) is 51.5 Å². The van der Waals surface area contributed by atoms with Gasteiger partial charge in [-0.25, -0.2) is 4.68 Å². The molecule has 0 unspecified atom stereocenters. The molecule has 0 fully saturated rings. The number of ketones is 1. The summed E-state index contributed by atoms with van der Waals surface area (Å²) in [5.41, 5.74) is 0.0333. The van der Waals surface area contributed by atoms with Gasteiger partial charge in [0.15, 0.2) is 0 Å². The van der Waals surface area contributed by atoms with Crippen LogP contribution in [0.5, 0.6) is 0 Å². The monoisotopic (exact) mass is 438 g/mol. The van der Waals surface area contributed by atoms with Crippen LogP contribution in [0.25, 0.3) is 5.69 Å². The van der Waals surface area contributed by atoms with E-state index >= 15 is 0 Å². The quantitative estimate of drug-likeness (QED) is 0.501. The van der Waals surface area contributed by atoms with E-state index in [-0.39, 0.29) is 16.9 Å². The second-order valence-electron chi connectivity index (χ2n) is 8.02. The lowest BCUT2D eigenvalue weighted by Crippen LogP contribution is -2.43. The van der Waals surface area contributed by atoms with Crippen molar-refractivity contribution in [3.8, 4) is 5.69 Å². The van der Waals surface area contributed by atoms with E-state index in [0.717, 1.165) is 12.1 Å². The lowest BCUT2D eigenvalue weighted by molar-refractivity contribution is -0.137. The highest BCUT2D eigenvalue weighted by Crippen LogP contribution is 2.30. The molecular weight excluding hydrogens is 409 g/mol. The summed E-state index contributed by atoms with van der Waals surface area (Å²) in [6.07, 6.45) is -4.50. The molecule has 0 saturated carbocycles. The zero-order chi connectivity index (χ0) is 23.5. The predicted octanol–water partition coefficient (Wildman–Crippen LogP) is 3.93. The molecule has 170 valence electrons. The predicted molar refractivity (Wildman–Crippen MR) is 112 cm³/mol. The normalized spacial score (nSPS) is 12.1. The SMILES string of the molecule is Cc1nn(-c2cccc(C(F)(F)F)c2)c(C)c1C(=O)C(=O)NCCN(C(C)C)C(C)C. The van der Waals surface area contributed by atoms with Gasteiger partial charge in [-0.3, -0.25) is 14.5 Å². The minimum absolute atomic E-state index is 0.0967. The zero-order valence-electron chi connectivity index (χ0n) is 18.7. The summed E-state index contributed by atoms with van der Waals surface area (Å²) in [4.78, 5) is 27.4. The third kappa shape index (κ3) is 5.72. The van der Waals surface area contributed by atoms with E-state index in [1.54, 1.807) is 13.8 Å². The third-order valence-electron chi connectivity index (χ3n) is 5.12. The fourth-order valence-electron chi connectivity index (χ4n) is 3.64. The first-order valence-corrected chi connectivity index (χ1v) is 10.2. The van der Waals surface area contributed by atoms with Crippen LogP contribution in [-0.2, 0) is 11.0 Å². The van der Waals surface area contributed by atoms with Crippen molar-refractivity contribution in [1.82, 2.24) is 20.0 Å². The molecule has 1 amide bonds. The van der Waals surface area contributed by atoms with Crippen LogP contribution in [0, 0.1) is 13.8 Å². The number of hydrogen-bond donors (Lipinski definition) is 1. The Balaban J connectivity index is 2.20. The van der Waals surface area contributed by atoms with Gasteiger partial charge in [0, 0.05) is 25.2 Å². The first kappa shape index (κ1) is 24.6. The number of rotatable bonds is 8. The maximum absolute atomic E-state index is 13.0. The molecule has 6 nitrogen and oxygen atoms in total. The number of benzene rings is 1. The summed E-state index contributed by atoms with van der Waals surface area (Å²) in [6.45, 7) is 12.2. The van der Waals surface area contributed by atoms with Crippen molar-refractivity contribution in [2.45, 2.75) is 59.8 Å². The summed E-state index contributed by atoms with van der Waals surface area (Å²) in [6, 6.07) is 5.26. The number of nitrogens with zero attached hydrogens (tertiary/aromatic N) is 3. The highest BCUT2D eigenvalue weighted by atomic mass is 19.4. The number of nitrogens with one attached hydrogen (secondary N) is 1. The molecule has 0 atom stereocenters. The summed E-state index contributed by atoms with van der Waals surface area (Å²) >= 11 is 0. The van der Waals surface area contributed by atoms with Gasteiger partial charge in [-0.05, 0) is 59.7 Å². The minimum atomic E-state index is -4.50. The Morgan fingerprint density at radius 1 is 1.13 bits per heavy atom. The number of hydrogen-bond acceptors (Lipinski definition) is 4. The second-order valence-corrected chi connectivity index (χ2v) is 8.02. The highest BCUT2D eigenvalue weighted by molar-refractivity contribution is 6.43. The zero-order valence-corrected chi connectivity index (χ0v) is 18.7. The van der Waals surface area contributed by atoms with E-state index in [0.29, 0.717) is 30.9 Å². The molecule has 2 rings (SSSR count). The second kappa shape index (κ2) is 9.64. The van der Waals surface area contributed by atoms with Gasteiger partial charge in [0.25, 0.3) is 11.7 Å². The summed E-state index contributed by atoms with van der Waals surface area (Å²) in [5, 5.41) is 6.84. The van der Waals surface area contributed by atoms with Crippen molar-refractivity contribution in [2.75, 3.05) is 13.1 Å². The maximum atomic E-state index is 13.0. The molecule has 0 radical (unpaired) electrons. The van der Waals surface area contributed by atoms with Crippen molar-refractivity contribution in [3.05, 3.63) is 46.8 Å². The third-order valence-corrected chi connectivity index (χ3v) is 5.12. The maximum Gasteiger partial charge on any atom is 0.416 e. The lowest BCUT2D eigenvalue weighted by Gasteiger charge is -2.30. The van der Waals surface area contributed by atoms with E-state index < -0.39 is 23.4 Å². The number of alkyl halides is 3. The van der Waals surface area contributed by atoms with Crippen LogP contribution < -0.4 is 5.32 Å². The van der Waals surface area contributed by atoms with Gasteiger partial charge in [-0.1, -0.05) is 6.07 Å². The summed E-state index contributed by atoms with van der Waals surface area (Å²) in [5.74, 6) is -1.52. The Morgan fingerprint density at radius 2 is 1.74 bits per heavy atom. The lowest BCUT2D eigenvalue weighted by atomic mass is 10.1. The van der Waals surface area contributed by atoms with Gasteiger partial charge >= 0.3 is 6.18 Å². The van der Waals surface area contributed by atoms with E-state index in [2.05, 4.69) is 43.0 Å². The van der Waals surface area contributed by atoms with Crippen LogP contribution in [0.3, 0.4) is 0 Å². The molecular formula is C22H29F3N4O2. The Labute approximate surface area is 180 Å². The Bertz CT molecular complexity index is 941. The number of carbonyl (C=O) groups is 2. The highest BCUT2D eigenvalue weighted by Gasteiger charge is 2.31. The van der Waals surface area contributed by atoms with Crippen molar-refractivity contribution in [2.24, 2.45) is 0 Å². The number of aryl methyl sites for hydroxylation is 1. The molecule has 0 saturated heterocycles. The fraction of sp³-hybridized carbons (Fsp3) is 0.500. The molecule has 9 heteroatoms. The van der Waals surface area contributed by atoms with E-state index in [1.807, 2.05) is 0 Å². The molecule has 1 aromatic heterocycles.